The zero-order valence-electron chi connectivity index (χ0n) is 12.6. The van der Waals surface area contributed by atoms with E-state index in [1.54, 1.807) is 11.3 Å². The Bertz CT molecular complexity index is 671. The maximum atomic E-state index is 12.8. The van der Waals surface area contributed by atoms with Crippen LogP contribution in [0.3, 0.4) is 0 Å². The second-order valence-corrected chi connectivity index (χ2v) is 7.31. The molecule has 0 saturated carbocycles. The molecular formula is C17H18BrNO2S. The minimum absolute atomic E-state index is 0.0487. The average molecular weight is 380 g/mol. The number of carbonyl (C=O) groups excluding carboxylic acids is 1. The lowest BCUT2D eigenvalue weighted by Crippen LogP contribution is -2.40. The summed E-state index contributed by atoms with van der Waals surface area (Å²) in [6, 6.07) is 10.2. The molecule has 2 heterocycles. The van der Waals surface area contributed by atoms with E-state index >= 15 is 0 Å². The molecule has 2 unspecified atom stereocenters. The number of benzene rings is 1. The summed E-state index contributed by atoms with van der Waals surface area (Å²) in [4.78, 5) is 16.0. The normalized spacial score (nSPS) is 19.3. The predicted molar refractivity (Wildman–Crippen MR) is 92.1 cm³/mol. The summed E-state index contributed by atoms with van der Waals surface area (Å²) in [5.41, 5.74) is 1.04. The summed E-state index contributed by atoms with van der Waals surface area (Å²) in [6.07, 6.45) is 0.430. The molecule has 5 heteroatoms. The minimum atomic E-state index is -0.462. The van der Waals surface area contributed by atoms with Gasteiger partial charge in [-0.05, 0) is 43.0 Å². The second-order valence-electron chi connectivity index (χ2n) is 5.42. The quantitative estimate of drug-likeness (QED) is 0.768. The Morgan fingerprint density at radius 3 is 2.95 bits per heavy atom. The van der Waals surface area contributed by atoms with Gasteiger partial charge in [0, 0.05) is 14.9 Å². The number of halogens is 1. The van der Waals surface area contributed by atoms with E-state index in [9.17, 15) is 4.79 Å². The number of rotatable bonds is 3. The smallest absolute Gasteiger partial charge is 0.264 e. The molecule has 1 aromatic carbocycles. The Hall–Kier alpha value is -1.33. The first-order valence-electron chi connectivity index (χ1n) is 7.39. The summed E-state index contributed by atoms with van der Waals surface area (Å²) >= 11 is 5.20. The van der Waals surface area contributed by atoms with E-state index in [1.807, 2.05) is 36.1 Å². The molecule has 2 aromatic rings. The number of carbonyl (C=O) groups is 1. The molecule has 1 aliphatic heterocycles. The fourth-order valence-electron chi connectivity index (χ4n) is 2.84. The van der Waals surface area contributed by atoms with Gasteiger partial charge in [-0.3, -0.25) is 4.79 Å². The van der Waals surface area contributed by atoms with Gasteiger partial charge in [-0.2, -0.15) is 0 Å². The number of hydrogen-bond acceptors (Lipinski definition) is 3. The van der Waals surface area contributed by atoms with Gasteiger partial charge in [0.2, 0.25) is 0 Å². The maximum absolute atomic E-state index is 12.8. The molecule has 22 heavy (non-hydrogen) atoms. The SMILES string of the molecule is CCC(c1cccs1)N1Cc2cc(Br)ccc2OC(C)C1=O. The molecule has 0 fully saturated rings. The van der Waals surface area contributed by atoms with Crippen LogP contribution >= 0.6 is 27.3 Å². The lowest BCUT2D eigenvalue weighted by atomic mass is 10.1. The summed E-state index contributed by atoms with van der Waals surface area (Å²) in [7, 11) is 0. The Morgan fingerprint density at radius 2 is 2.27 bits per heavy atom. The molecule has 2 atom stereocenters. The van der Waals surface area contributed by atoms with Crippen molar-refractivity contribution in [3.05, 3.63) is 50.6 Å². The average Bonchev–Trinajstić information content (AvgIpc) is 2.99. The lowest BCUT2D eigenvalue weighted by molar-refractivity contribution is -0.140. The molecule has 1 amide bonds. The molecule has 1 aliphatic rings. The van der Waals surface area contributed by atoms with Gasteiger partial charge in [0.25, 0.3) is 5.91 Å². The third-order valence-corrected chi connectivity index (χ3v) is 5.40. The zero-order valence-corrected chi connectivity index (χ0v) is 15.0. The van der Waals surface area contributed by atoms with Crippen LogP contribution in [-0.2, 0) is 11.3 Å². The molecule has 0 N–H and O–H groups in total. The van der Waals surface area contributed by atoms with Gasteiger partial charge in [0.15, 0.2) is 6.10 Å². The Balaban J connectivity index is 2.00. The van der Waals surface area contributed by atoms with Crippen molar-refractivity contribution in [2.45, 2.75) is 39.0 Å². The molecule has 0 aliphatic carbocycles. The van der Waals surface area contributed by atoms with E-state index in [4.69, 9.17) is 4.74 Å². The van der Waals surface area contributed by atoms with Gasteiger partial charge in [-0.15, -0.1) is 11.3 Å². The molecule has 116 valence electrons. The lowest BCUT2D eigenvalue weighted by Gasteiger charge is -2.30. The van der Waals surface area contributed by atoms with E-state index < -0.39 is 6.10 Å². The van der Waals surface area contributed by atoms with Crippen molar-refractivity contribution >= 4 is 33.2 Å². The number of nitrogens with zero attached hydrogens (tertiary/aromatic N) is 1. The Labute approximate surface area is 143 Å². The van der Waals surface area contributed by atoms with Gasteiger partial charge in [0.05, 0.1) is 12.6 Å². The van der Waals surface area contributed by atoms with Gasteiger partial charge in [-0.25, -0.2) is 0 Å². The highest BCUT2D eigenvalue weighted by Gasteiger charge is 2.33. The number of thiophene rings is 1. The van der Waals surface area contributed by atoms with Crippen molar-refractivity contribution < 1.29 is 9.53 Å². The van der Waals surface area contributed by atoms with E-state index in [0.717, 1.165) is 22.2 Å². The van der Waals surface area contributed by atoms with Crippen LogP contribution in [0.15, 0.2) is 40.2 Å². The predicted octanol–water partition coefficient (Wildman–Crippen LogP) is 4.77. The van der Waals surface area contributed by atoms with Crippen LogP contribution in [0.5, 0.6) is 5.75 Å². The van der Waals surface area contributed by atoms with Crippen LogP contribution < -0.4 is 4.74 Å². The first-order valence-corrected chi connectivity index (χ1v) is 9.06. The highest BCUT2D eigenvalue weighted by atomic mass is 79.9. The fourth-order valence-corrected chi connectivity index (χ4v) is 4.17. The zero-order chi connectivity index (χ0) is 15.7. The van der Waals surface area contributed by atoms with Gasteiger partial charge in [-0.1, -0.05) is 28.9 Å². The van der Waals surface area contributed by atoms with E-state index in [1.165, 1.54) is 4.88 Å². The summed E-state index contributed by atoms with van der Waals surface area (Å²) in [5, 5.41) is 2.06. The van der Waals surface area contributed by atoms with Crippen LogP contribution in [0.25, 0.3) is 0 Å². The molecule has 3 nitrogen and oxygen atoms in total. The van der Waals surface area contributed by atoms with Crippen molar-refractivity contribution in [2.24, 2.45) is 0 Å². The number of ether oxygens (including phenoxy) is 1. The largest absolute Gasteiger partial charge is 0.481 e. The number of fused-ring (bicyclic) bond motifs is 1. The van der Waals surface area contributed by atoms with Crippen LogP contribution in [-0.4, -0.2) is 16.9 Å². The van der Waals surface area contributed by atoms with Gasteiger partial charge < -0.3 is 9.64 Å². The van der Waals surface area contributed by atoms with Crippen molar-refractivity contribution in [1.29, 1.82) is 0 Å². The van der Waals surface area contributed by atoms with Gasteiger partial charge >= 0.3 is 0 Å². The molecule has 0 spiro atoms. The third kappa shape index (κ3) is 2.92. The highest BCUT2D eigenvalue weighted by molar-refractivity contribution is 9.10. The third-order valence-electron chi connectivity index (χ3n) is 3.93. The number of hydrogen-bond donors (Lipinski definition) is 0. The van der Waals surface area contributed by atoms with Gasteiger partial charge in [0.1, 0.15) is 5.75 Å². The van der Waals surface area contributed by atoms with E-state index in [-0.39, 0.29) is 11.9 Å². The maximum Gasteiger partial charge on any atom is 0.264 e. The second kappa shape index (κ2) is 6.42. The number of amides is 1. The Kier molecular flexibility index (Phi) is 4.54. The van der Waals surface area contributed by atoms with E-state index in [0.29, 0.717) is 6.54 Å². The molecule has 0 radical (unpaired) electrons. The molecule has 3 rings (SSSR count). The molecule has 0 bridgehead atoms. The van der Waals surface area contributed by atoms with Crippen LogP contribution in [0.1, 0.15) is 36.8 Å². The van der Waals surface area contributed by atoms with Crippen molar-refractivity contribution in [3.63, 3.8) is 0 Å². The summed E-state index contributed by atoms with van der Waals surface area (Å²) in [5.74, 6) is 0.847. The standard InChI is InChI=1S/C17H18BrNO2S/c1-3-14(16-5-4-8-22-16)19-10-12-9-13(18)6-7-15(12)21-11(2)17(19)20/h4-9,11,14H,3,10H2,1-2H3. The monoisotopic (exact) mass is 379 g/mol. The fraction of sp³-hybridized carbons (Fsp3) is 0.353. The first-order chi connectivity index (χ1) is 10.6. The van der Waals surface area contributed by atoms with Crippen LogP contribution in [0.4, 0.5) is 0 Å². The van der Waals surface area contributed by atoms with Crippen LogP contribution in [0, 0.1) is 0 Å². The summed E-state index contributed by atoms with van der Waals surface area (Å²) < 4.78 is 6.86. The van der Waals surface area contributed by atoms with Crippen LogP contribution in [0.2, 0.25) is 0 Å². The molecule has 0 saturated heterocycles. The molecular weight excluding hydrogens is 362 g/mol. The summed E-state index contributed by atoms with van der Waals surface area (Å²) in [6.45, 7) is 4.53. The first kappa shape index (κ1) is 15.6. The minimum Gasteiger partial charge on any atom is -0.481 e. The highest BCUT2D eigenvalue weighted by Crippen LogP contribution is 2.35. The van der Waals surface area contributed by atoms with Crippen molar-refractivity contribution in [1.82, 2.24) is 4.90 Å². The van der Waals surface area contributed by atoms with Crippen molar-refractivity contribution in [2.75, 3.05) is 0 Å². The van der Waals surface area contributed by atoms with E-state index in [2.05, 4.69) is 34.3 Å². The van der Waals surface area contributed by atoms with Crippen molar-refractivity contribution in [3.8, 4) is 5.75 Å². The molecule has 1 aromatic heterocycles. The topological polar surface area (TPSA) is 29.5 Å². The Morgan fingerprint density at radius 1 is 1.45 bits per heavy atom.